The maximum atomic E-state index is 5.86. The molecule has 1 aliphatic heterocycles. The monoisotopic (exact) mass is 461 g/mol. The Morgan fingerprint density at radius 3 is 2.60 bits per heavy atom. The van der Waals surface area contributed by atoms with Crippen LogP contribution in [0.3, 0.4) is 0 Å². The molecule has 7 heteroatoms. The van der Waals surface area contributed by atoms with Crippen LogP contribution < -0.4 is 20.1 Å². The first-order chi connectivity index (χ1) is 11.5. The van der Waals surface area contributed by atoms with Gasteiger partial charge in [-0.15, -0.1) is 24.0 Å². The number of aliphatic imine (C=N–C) groups is 1. The lowest BCUT2D eigenvalue weighted by Crippen LogP contribution is -2.67. The van der Waals surface area contributed by atoms with E-state index in [0.29, 0.717) is 29.6 Å². The van der Waals surface area contributed by atoms with E-state index in [9.17, 15) is 0 Å². The molecule has 0 radical (unpaired) electrons. The molecule has 1 heterocycles. The van der Waals surface area contributed by atoms with Crippen molar-refractivity contribution in [3.05, 3.63) is 18.2 Å². The highest BCUT2D eigenvalue weighted by Gasteiger charge is 2.59. The summed E-state index contributed by atoms with van der Waals surface area (Å²) in [7, 11) is 5.04. The van der Waals surface area contributed by atoms with Crippen LogP contribution in [0.4, 0.5) is 5.69 Å². The predicted octanol–water partition coefficient (Wildman–Crippen LogP) is 3.12. The molecular weight excluding hydrogens is 433 g/mol. The first kappa shape index (κ1) is 20.1. The van der Waals surface area contributed by atoms with Crippen molar-refractivity contribution in [3.63, 3.8) is 0 Å². The van der Waals surface area contributed by atoms with E-state index in [1.165, 1.54) is 0 Å². The summed E-state index contributed by atoms with van der Waals surface area (Å²) in [5.41, 5.74) is 1.01. The molecule has 2 aliphatic rings. The fourth-order valence-corrected chi connectivity index (χ4v) is 3.97. The zero-order valence-corrected chi connectivity index (χ0v) is 17.8. The zero-order valence-electron chi connectivity index (χ0n) is 15.5. The Hall–Kier alpha value is -1.22. The van der Waals surface area contributed by atoms with Gasteiger partial charge in [-0.1, -0.05) is 13.8 Å². The van der Waals surface area contributed by atoms with Crippen LogP contribution in [0.1, 0.15) is 20.3 Å². The Bertz CT molecular complexity index is 636. The number of nitrogens with one attached hydrogen (secondary N) is 2. The number of guanidine groups is 1. The lowest BCUT2D eigenvalue weighted by Gasteiger charge is -2.54. The summed E-state index contributed by atoms with van der Waals surface area (Å²) in [6, 6.07) is 6.08. The fraction of sp³-hybridized carbons (Fsp3) is 0.611. The van der Waals surface area contributed by atoms with Gasteiger partial charge in [-0.05, 0) is 18.6 Å². The molecule has 3 unspecified atom stereocenters. The van der Waals surface area contributed by atoms with Gasteiger partial charge in [-0.25, -0.2) is 0 Å². The van der Waals surface area contributed by atoms with E-state index in [0.717, 1.165) is 24.7 Å². The fourth-order valence-electron chi connectivity index (χ4n) is 3.97. The molecule has 2 fully saturated rings. The molecule has 0 amide bonds. The summed E-state index contributed by atoms with van der Waals surface area (Å²) in [5, 5.41) is 6.90. The molecule has 6 nitrogen and oxygen atoms in total. The molecule has 1 aliphatic carbocycles. The van der Waals surface area contributed by atoms with Crippen molar-refractivity contribution in [1.29, 1.82) is 0 Å². The van der Waals surface area contributed by atoms with Gasteiger partial charge in [0, 0.05) is 42.8 Å². The van der Waals surface area contributed by atoms with E-state index in [1.54, 1.807) is 21.3 Å². The molecule has 1 aromatic rings. The molecule has 0 aromatic heterocycles. The third kappa shape index (κ3) is 3.67. The first-order valence-electron chi connectivity index (χ1n) is 8.35. The number of methoxy groups -OCH3 is 2. The Morgan fingerprint density at radius 1 is 1.24 bits per heavy atom. The normalized spacial score (nSPS) is 26.8. The number of nitrogens with zero attached hydrogens (tertiary/aromatic N) is 1. The van der Waals surface area contributed by atoms with Crippen molar-refractivity contribution in [2.24, 2.45) is 16.3 Å². The number of rotatable bonds is 4. The summed E-state index contributed by atoms with van der Waals surface area (Å²) in [6.45, 7) is 5.36. The average Bonchev–Trinajstić information content (AvgIpc) is 3.05. The number of hydrogen-bond acceptors (Lipinski definition) is 4. The molecular formula is C18H28IN3O3. The van der Waals surface area contributed by atoms with Crippen LogP contribution in [0.25, 0.3) is 0 Å². The van der Waals surface area contributed by atoms with Crippen molar-refractivity contribution in [2.45, 2.75) is 32.4 Å². The van der Waals surface area contributed by atoms with E-state index >= 15 is 0 Å². The number of anilines is 1. The van der Waals surface area contributed by atoms with E-state index < -0.39 is 0 Å². The van der Waals surface area contributed by atoms with E-state index in [2.05, 4.69) is 29.5 Å². The van der Waals surface area contributed by atoms with E-state index in [1.807, 2.05) is 18.2 Å². The van der Waals surface area contributed by atoms with Gasteiger partial charge < -0.3 is 24.8 Å². The number of fused-ring (bicyclic) bond motifs is 1. The molecule has 1 aromatic carbocycles. The highest BCUT2D eigenvalue weighted by Crippen LogP contribution is 2.52. The smallest absolute Gasteiger partial charge is 0.195 e. The van der Waals surface area contributed by atoms with Gasteiger partial charge in [-0.2, -0.15) is 0 Å². The van der Waals surface area contributed by atoms with Crippen LogP contribution >= 0.6 is 24.0 Å². The summed E-state index contributed by atoms with van der Waals surface area (Å²) in [4.78, 5) is 4.36. The number of hydrogen-bond donors (Lipinski definition) is 2. The maximum absolute atomic E-state index is 5.86. The van der Waals surface area contributed by atoms with Crippen LogP contribution in [0, 0.1) is 11.3 Å². The van der Waals surface area contributed by atoms with Crippen molar-refractivity contribution in [3.8, 4) is 11.5 Å². The van der Waals surface area contributed by atoms with Crippen molar-refractivity contribution < 1.29 is 14.2 Å². The molecule has 1 saturated carbocycles. The Morgan fingerprint density at radius 2 is 1.96 bits per heavy atom. The molecule has 0 spiro atoms. The quantitative estimate of drug-likeness (QED) is 0.410. The largest absolute Gasteiger partial charge is 0.493 e. The second-order valence-electron chi connectivity index (χ2n) is 6.95. The summed E-state index contributed by atoms with van der Waals surface area (Å²) in [5.74, 6) is 2.71. The summed E-state index contributed by atoms with van der Waals surface area (Å²) < 4.78 is 16.5. The standard InChI is InChI=1S/C18H27N3O3.HI/c1-18(2)15(12-8-9-24-16(12)18)21-17(19-3)20-11-6-7-13(22-4)14(10-11)23-5;/h6-7,10,12,15-16H,8-9H2,1-5H3,(H2,19,20,21);1H. The Kier molecular flexibility index (Phi) is 6.42. The highest BCUT2D eigenvalue weighted by molar-refractivity contribution is 14.0. The number of ether oxygens (including phenoxy) is 3. The molecule has 3 atom stereocenters. The average molecular weight is 461 g/mol. The summed E-state index contributed by atoms with van der Waals surface area (Å²) in [6.07, 6.45) is 1.47. The maximum Gasteiger partial charge on any atom is 0.195 e. The third-order valence-corrected chi connectivity index (χ3v) is 5.26. The minimum atomic E-state index is 0. The van der Waals surface area contributed by atoms with Crippen molar-refractivity contribution >= 4 is 35.6 Å². The number of halogens is 1. The first-order valence-corrected chi connectivity index (χ1v) is 8.35. The van der Waals surface area contributed by atoms with E-state index in [4.69, 9.17) is 14.2 Å². The zero-order chi connectivity index (χ0) is 17.3. The topological polar surface area (TPSA) is 64.1 Å². The molecule has 25 heavy (non-hydrogen) atoms. The minimum absolute atomic E-state index is 0. The van der Waals surface area contributed by atoms with Crippen molar-refractivity contribution in [2.75, 3.05) is 33.2 Å². The van der Waals surface area contributed by atoms with Gasteiger partial charge in [0.2, 0.25) is 0 Å². The Labute approximate surface area is 166 Å². The van der Waals surface area contributed by atoms with Gasteiger partial charge >= 0.3 is 0 Å². The van der Waals surface area contributed by atoms with Gasteiger partial charge in [0.25, 0.3) is 0 Å². The second kappa shape index (κ2) is 7.99. The van der Waals surface area contributed by atoms with Crippen molar-refractivity contribution in [1.82, 2.24) is 5.32 Å². The second-order valence-corrected chi connectivity index (χ2v) is 6.95. The molecule has 140 valence electrons. The van der Waals surface area contributed by atoms with Gasteiger partial charge in [0.05, 0.1) is 20.3 Å². The lowest BCUT2D eigenvalue weighted by molar-refractivity contribution is -0.106. The van der Waals surface area contributed by atoms with Crippen LogP contribution in [0.15, 0.2) is 23.2 Å². The Balaban J connectivity index is 0.00000225. The van der Waals surface area contributed by atoms with E-state index in [-0.39, 0.29) is 29.4 Å². The van der Waals surface area contributed by atoms with Crippen LogP contribution in [0.5, 0.6) is 11.5 Å². The molecule has 3 rings (SSSR count). The SMILES string of the molecule is CN=C(Nc1ccc(OC)c(OC)c1)NC1C2CCOC2C1(C)C.I. The van der Waals surface area contributed by atoms with Gasteiger partial charge in [-0.3, -0.25) is 4.99 Å². The third-order valence-electron chi connectivity index (χ3n) is 5.26. The van der Waals surface area contributed by atoms with Gasteiger partial charge in [0.15, 0.2) is 17.5 Å². The minimum Gasteiger partial charge on any atom is -0.493 e. The summed E-state index contributed by atoms with van der Waals surface area (Å²) >= 11 is 0. The van der Waals surface area contributed by atoms with Crippen LogP contribution in [0.2, 0.25) is 0 Å². The molecule has 2 N–H and O–H groups in total. The lowest BCUT2D eigenvalue weighted by atomic mass is 9.57. The molecule has 1 saturated heterocycles. The predicted molar refractivity (Wildman–Crippen MR) is 110 cm³/mol. The van der Waals surface area contributed by atoms with Gasteiger partial charge in [0.1, 0.15) is 0 Å². The molecule has 0 bridgehead atoms. The number of benzene rings is 1. The van der Waals surface area contributed by atoms with Crippen LogP contribution in [-0.2, 0) is 4.74 Å². The highest BCUT2D eigenvalue weighted by atomic mass is 127. The van der Waals surface area contributed by atoms with Crippen LogP contribution in [-0.4, -0.2) is 46.0 Å².